The monoisotopic (exact) mass is 1580 g/mol. The van der Waals surface area contributed by atoms with Gasteiger partial charge in [0.05, 0.1) is 37.5 Å². The second-order valence-electron chi connectivity index (χ2n) is 24.6. The van der Waals surface area contributed by atoms with Crippen LogP contribution < -0.4 is 16.0 Å². The number of ether oxygens (including phenoxy) is 19. The number of alkyl carbamates (subject to hydrolysis) is 1. The van der Waals surface area contributed by atoms with Crippen molar-refractivity contribution < 1.29 is 169 Å². The molecule has 40 heteroatoms. The Morgan fingerprint density at radius 2 is 0.802 bits per heavy atom. The van der Waals surface area contributed by atoms with Gasteiger partial charge in [-0.2, -0.15) is 8.42 Å². The van der Waals surface area contributed by atoms with Crippen molar-refractivity contribution in [3.05, 3.63) is 144 Å². The van der Waals surface area contributed by atoms with Crippen molar-refractivity contribution in [3.8, 4) is 0 Å². The molecule has 4 N–H and O–H groups in total. The summed E-state index contributed by atoms with van der Waals surface area (Å²) in [5.41, 5.74) is 0.0195. The zero-order chi connectivity index (χ0) is 80.8. The lowest BCUT2D eigenvalue weighted by molar-refractivity contribution is -0.368. The van der Waals surface area contributed by atoms with E-state index in [0.29, 0.717) is 5.56 Å². The van der Waals surface area contributed by atoms with Crippen molar-refractivity contribution in [2.45, 2.75) is 178 Å². The minimum Gasteiger partial charge on any atom is -0.467 e. The Morgan fingerprint density at radius 1 is 0.405 bits per heavy atom. The minimum absolute atomic E-state index is 0.0536. The molecule has 111 heavy (non-hydrogen) atoms. The van der Waals surface area contributed by atoms with E-state index < -0.39 is 237 Å². The summed E-state index contributed by atoms with van der Waals surface area (Å²) in [6.07, 6.45) is -41.6. The van der Waals surface area contributed by atoms with Crippen LogP contribution in [0.15, 0.2) is 121 Å². The molecule has 0 aromatic heterocycles. The molecule has 4 heterocycles. The molecule has 4 fully saturated rings. The lowest BCUT2D eigenvalue weighted by Gasteiger charge is -2.51. The third kappa shape index (κ3) is 24.4. The van der Waals surface area contributed by atoms with Crippen LogP contribution in [-0.2, 0) is 154 Å². The lowest BCUT2D eigenvalue weighted by Crippen LogP contribution is -2.72. The maximum Gasteiger partial charge on any atom is 0.407 e. The molecule has 39 nitrogen and oxygen atoms in total. The molecular weight excluding hydrogens is 1500 g/mol. The van der Waals surface area contributed by atoms with Crippen LogP contribution in [0.1, 0.15) is 85.1 Å². The van der Waals surface area contributed by atoms with Gasteiger partial charge < -0.3 is 106 Å². The van der Waals surface area contributed by atoms with Gasteiger partial charge in [-0.25, -0.2) is 33.0 Å². The maximum absolute atomic E-state index is 15.0. The molecule has 8 rings (SSSR count). The number of methoxy groups -OCH3 is 2. The summed E-state index contributed by atoms with van der Waals surface area (Å²) in [4.78, 5) is 178. The first-order chi connectivity index (χ1) is 52.8. The number of benzene rings is 4. The van der Waals surface area contributed by atoms with E-state index in [9.17, 15) is 65.7 Å². The van der Waals surface area contributed by atoms with Crippen LogP contribution in [0.3, 0.4) is 0 Å². The highest BCUT2D eigenvalue weighted by Gasteiger charge is 2.63. The van der Waals surface area contributed by atoms with Crippen LogP contribution in [0, 0.1) is 0 Å². The van der Waals surface area contributed by atoms with Crippen molar-refractivity contribution in [1.82, 2.24) is 16.0 Å². The predicted molar refractivity (Wildman–Crippen MR) is 362 cm³/mol. The van der Waals surface area contributed by atoms with Crippen LogP contribution in [0.5, 0.6) is 0 Å². The Balaban J connectivity index is 1.32. The standard InChI is InChI=1S/C71H81N3O36S/c1-35(75)73-48-53(51(110-111(88,89)90)47(34-95-62(82)43-24-16-11-17-25-43)101-67(48)93-31-30-72-71(87)96-32-42-22-14-10-15-23-42)106-70-61(104-64(84)45-28-20-13-21-29-45)57(103-63(83)44-26-18-12-19-27-44)55(59(109-70)66(86)92-9)107-68-49(74-36(2)76)52(50(97-38(4)78)46(102-68)33-94-37(3)77)105-69-60(100-41(7)81)56(99-40(6)80)54(98-39(5)79)58(108-69)65(85)91-8/h10-29,46-61,67-70H,30-34H2,1-9H3,(H,72,87)(H,73,75)(H,74,76)(H,88,89,90)/t46-,47-,48-,49-,50+,51+,52-,53-,54+,55+,56+,57+,58+,59+,60-,61-,67-,68+,69-,70-/m1/s1. The van der Waals surface area contributed by atoms with Crippen LogP contribution in [0.4, 0.5) is 4.79 Å². The largest absolute Gasteiger partial charge is 0.467 e. The number of rotatable bonds is 31. The van der Waals surface area contributed by atoms with Gasteiger partial charge in [-0.3, -0.25) is 38.1 Å². The number of amides is 3. The first-order valence-corrected chi connectivity index (χ1v) is 35.3. The molecule has 4 saturated heterocycles. The Kier molecular flexibility index (Phi) is 31.2. The van der Waals surface area contributed by atoms with Crippen LogP contribution >= 0.6 is 0 Å². The summed E-state index contributed by atoms with van der Waals surface area (Å²) >= 11 is 0. The fraction of sp³-hybridized carbons (Fsp3) is 0.479. The van der Waals surface area contributed by atoms with E-state index in [-0.39, 0.29) is 23.3 Å². The van der Waals surface area contributed by atoms with Gasteiger partial charge in [0.25, 0.3) is 0 Å². The first-order valence-electron chi connectivity index (χ1n) is 33.9. The number of hydrogen-bond donors (Lipinski definition) is 4. The SMILES string of the molecule is COC(=O)[C@H]1O[C@@H](O[C@@H]2[C@@H](NC(C)=O)[C@H](O[C@H]3[C@H](OC(=O)c4ccccc4)[C@@H](OC(=O)c4ccccc4)[C@H](O[C@@H]4[C@@H](NC(C)=O)[C@H](OCCNC(=O)OCc5ccccc5)O[C@H](COC(=O)c5ccccc5)[C@@H]4OS(=O)(=O)O)O[C@@H]3C(=O)OC)O[C@H](COC(C)=O)[C@@H]2OC(C)=O)[C@H](OC(C)=O)[C@@H](OC(C)=O)[C@@H]1OC(C)=O. The molecule has 3 amide bonds. The van der Waals surface area contributed by atoms with Crippen molar-refractivity contribution in [2.75, 3.05) is 40.6 Å². The van der Waals surface area contributed by atoms with E-state index in [0.717, 1.165) is 62.7 Å². The van der Waals surface area contributed by atoms with Gasteiger partial charge >= 0.3 is 76.2 Å². The molecular formula is C71H81N3O36S. The molecule has 0 saturated carbocycles. The van der Waals surface area contributed by atoms with Gasteiger partial charge in [0.1, 0.15) is 68.5 Å². The third-order valence-corrected chi connectivity index (χ3v) is 16.9. The van der Waals surface area contributed by atoms with Crippen LogP contribution in [0.25, 0.3) is 0 Å². The number of esters is 10. The summed E-state index contributed by atoms with van der Waals surface area (Å²) in [5.74, 6) is -14.2. The first kappa shape index (κ1) is 85.9. The van der Waals surface area contributed by atoms with Gasteiger partial charge in [0.2, 0.25) is 11.8 Å². The summed E-state index contributed by atoms with van der Waals surface area (Å²) < 4.78 is 156. The average Bonchev–Trinajstić information content (AvgIpc) is 0.752. The van der Waals surface area contributed by atoms with Crippen molar-refractivity contribution in [1.29, 1.82) is 0 Å². The molecule has 0 spiro atoms. The molecule has 4 aromatic carbocycles. The van der Waals surface area contributed by atoms with E-state index in [1.54, 1.807) is 36.4 Å². The molecule has 0 bridgehead atoms. The zero-order valence-electron chi connectivity index (χ0n) is 60.8. The number of nitrogens with one attached hydrogen (secondary N) is 3. The molecule has 4 aliphatic rings. The van der Waals surface area contributed by atoms with E-state index in [4.69, 9.17) is 94.2 Å². The van der Waals surface area contributed by atoms with Crippen molar-refractivity contribution in [2.24, 2.45) is 0 Å². The van der Waals surface area contributed by atoms with Gasteiger partial charge in [-0.15, -0.1) is 0 Å². The highest BCUT2D eigenvalue weighted by molar-refractivity contribution is 7.80. The van der Waals surface area contributed by atoms with Crippen molar-refractivity contribution in [3.63, 3.8) is 0 Å². The molecule has 0 radical (unpaired) electrons. The lowest BCUT2D eigenvalue weighted by atomic mass is 9.93. The topological polar surface area (TPSA) is 497 Å². The summed E-state index contributed by atoms with van der Waals surface area (Å²) in [7, 11) is -4.12. The van der Waals surface area contributed by atoms with Crippen LogP contribution in [0.2, 0.25) is 0 Å². The fourth-order valence-electron chi connectivity index (χ4n) is 12.0. The quantitative estimate of drug-likeness (QED) is 0.0237. The Bertz CT molecular complexity index is 4030. The Morgan fingerprint density at radius 3 is 1.29 bits per heavy atom. The highest BCUT2D eigenvalue weighted by atomic mass is 32.3. The Hall–Kier alpha value is -10.7. The number of hydrogen-bond acceptors (Lipinski definition) is 35. The highest BCUT2D eigenvalue weighted by Crippen LogP contribution is 2.40. The summed E-state index contributed by atoms with van der Waals surface area (Å²) in [6.45, 7) is 3.25. The average molecular weight is 1580 g/mol. The van der Waals surface area contributed by atoms with Crippen LogP contribution in [-0.4, -0.2) is 254 Å². The second-order valence-corrected chi connectivity index (χ2v) is 25.7. The normalized spacial score (nSPS) is 27.6. The van der Waals surface area contributed by atoms with E-state index in [1.165, 1.54) is 84.9 Å². The van der Waals surface area contributed by atoms with E-state index in [2.05, 4.69) is 16.0 Å². The molecule has 602 valence electrons. The maximum atomic E-state index is 15.0. The Labute approximate surface area is 633 Å². The predicted octanol–water partition coefficient (Wildman–Crippen LogP) is 1.13. The molecule has 0 unspecified atom stereocenters. The third-order valence-electron chi connectivity index (χ3n) is 16.4. The van der Waals surface area contributed by atoms with Crippen molar-refractivity contribution >= 4 is 88.0 Å². The molecule has 4 aromatic rings. The van der Waals surface area contributed by atoms with E-state index in [1.807, 2.05) is 0 Å². The summed E-state index contributed by atoms with van der Waals surface area (Å²) in [5, 5.41) is 7.48. The van der Waals surface area contributed by atoms with E-state index >= 15 is 9.59 Å². The van der Waals surface area contributed by atoms with Gasteiger partial charge in [0, 0.05) is 55.0 Å². The molecule has 4 aliphatic heterocycles. The smallest absolute Gasteiger partial charge is 0.407 e. The molecule has 20 atom stereocenters. The minimum atomic E-state index is -5.81. The van der Waals surface area contributed by atoms with Gasteiger partial charge in [-0.05, 0) is 42.0 Å². The molecule has 0 aliphatic carbocycles. The van der Waals surface area contributed by atoms with Gasteiger partial charge in [0.15, 0.2) is 74.0 Å². The number of carbonyl (C=O) groups excluding carboxylic acids is 13. The number of carbonyl (C=O) groups is 13. The fourth-order valence-corrected chi connectivity index (χ4v) is 12.5. The summed E-state index contributed by atoms with van der Waals surface area (Å²) in [6, 6.07) is 25.2. The van der Waals surface area contributed by atoms with Gasteiger partial charge in [-0.1, -0.05) is 84.9 Å². The zero-order valence-corrected chi connectivity index (χ0v) is 61.6. The second kappa shape index (κ2) is 40.3.